The summed E-state index contributed by atoms with van der Waals surface area (Å²) in [7, 11) is 2.14. The largest absolute Gasteiger partial charge is 0.478 e. The first-order chi connectivity index (χ1) is 9.15. The summed E-state index contributed by atoms with van der Waals surface area (Å²) in [6, 6.07) is 4.63. The molecule has 1 aliphatic heterocycles. The van der Waals surface area contributed by atoms with E-state index in [2.05, 4.69) is 18.0 Å². The third-order valence-electron chi connectivity index (χ3n) is 3.29. The number of carboxylic acid groups (broad SMARTS) is 1. The van der Waals surface area contributed by atoms with Gasteiger partial charge in [0.25, 0.3) is 0 Å². The predicted octanol–water partition coefficient (Wildman–Crippen LogP) is 2.46. The highest BCUT2D eigenvalue weighted by Crippen LogP contribution is 2.22. The molecule has 0 aromatic carbocycles. The number of ether oxygens (including phenoxy) is 1. The van der Waals surface area contributed by atoms with Gasteiger partial charge < -0.3 is 9.84 Å². The summed E-state index contributed by atoms with van der Waals surface area (Å²) in [5, 5.41) is 8.59. The van der Waals surface area contributed by atoms with Gasteiger partial charge in [-0.05, 0) is 38.1 Å². The van der Waals surface area contributed by atoms with Crippen molar-refractivity contribution in [3.63, 3.8) is 0 Å². The van der Waals surface area contributed by atoms with Gasteiger partial charge >= 0.3 is 5.97 Å². The summed E-state index contributed by atoms with van der Waals surface area (Å²) in [4.78, 5) is 15.1. The van der Waals surface area contributed by atoms with Crippen molar-refractivity contribution < 1.29 is 14.6 Å². The zero-order valence-electron chi connectivity index (χ0n) is 11.0. The van der Waals surface area contributed by atoms with Crippen molar-refractivity contribution in [2.24, 2.45) is 0 Å². The van der Waals surface area contributed by atoms with Crippen LogP contribution in [-0.2, 0) is 16.1 Å². The first-order valence-electron chi connectivity index (χ1n) is 6.43. The van der Waals surface area contributed by atoms with E-state index in [4.69, 9.17) is 9.84 Å². The van der Waals surface area contributed by atoms with Crippen LogP contribution in [0.2, 0.25) is 0 Å². The second kappa shape index (κ2) is 6.84. The molecule has 1 saturated heterocycles. The average Bonchev–Trinajstić information content (AvgIpc) is 2.85. The zero-order valence-corrected chi connectivity index (χ0v) is 11.9. The molecule has 0 spiro atoms. The highest BCUT2D eigenvalue weighted by molar-refractivity contribution is 7.12. The van der Waals surface area contributed by atoms with Crippen LogP contribution in [0.5, 0.6) is 0 Å². The Morgan fingerprint density at radius 2 is 2.26 bits per heavy atom. The lowest BCUT2D eigenvalue weighted by molar-refractivity contribution is -0.131. The minimum atomic E-state index is -0.908. The van der Waals surface area contributed by atoms with Gasteiger partial charge in [0.05, 0.1) is 0 Å². The molecule has 0 radical (unpaired) electrons. The highest BCUT2D eigenvalue weighted by atomic mass is 32.1. The van der Waals surface area contributed by atoms with E-state index < -0.39 is 5.97 Å². The number of carbonyl (C=O) groups is 1. The standard InChI is InChI=1S/C14H19NO3S/c1-15(11-6-8-18-9-7-11)10-13-3-2-12(19-13)4-5-14(16)17/h2-5,11H,6-10H2,1H3,(H,16,17). The summed E-state index contributed by atoms with van der Waals surface area (Å²) in [5.41, 5.74) is 0. The number of carboxylic acids is 1. The van der Waals surface area contributed by atoms with E-state index in [1.807, 2.05) is 6.07 Å². The molecule has 0 atom stereocenters. The van der Waals surface area contributed by atoms with Crippen LogP contribution in [0.1, 0.15) is 22.6 Å². The molecule has 0 unspecified atom stereocenters. The molecule has 5 heteroatoms. The summed E-state index contributed by atoms with van der Waals surface area (Å²) in [5.74, 6) is -0.908. The quantitative estimate of drug-likeness (QED) is 0.842. The van der Waals surface area contributed by atoms with Crippen LogP contribution in [0.25, 0.3) is 6.08 Å². The molecule has 0 bridgehead atoms. The minimum Gasteiger partial charge on any atom is -0.478 e. The molecule has 0 saturated carbocycles. The van der Waals surface area contributed by atoms with Gasteiger partial charge in [0, 0.05) is 41.6 Å². The van der Waals surface area contributed by atoms with E-state index in [9.17, 15) is 4.79 Å². The van der Waals surface area contributed by atoms with E-state index in [-0.39, 0.29) is 0 Å². The molecule has 1 aromatic heterocycles. The molecule has 0 aliphatic carbocycles. The van der Waals surface area contributed by atoms with E-state index in [0.29, 0.717) is 6.04 Å². The Balaban J connectivity index is 1.90. The maximum atomic E-state index is 10.5. The SMILES string of the molecule is CN(Cc1ccc(C=CC(=O)O)s1)C1CCOCC1. The van der Waals surface area contributed by atoms with Crippen LogP contribution < -0.4 is 0 Å². The summed E-state index contributed by atoms with van der Waals surface area (Å²) >= 11 is 1.64. The molecular weight excluding hydrogens is 262 g/mol. The number of nitrogens with zero attached hydrogens (tertiary/aromatic N) is 1. The first kappa shape index (κ1) is 14.2. The Bertz CT molecular complexity index is 449. The summed E-state index contributed by atoms with van der Waals surface area (Å²) in [6.45, 7) is 2.62. The Hall–Kier alpha value is -1.17. The Morgan fingerprint density at radius 3 is 2.95 bits per heavy atom. The van der Waals surface area contributed by atoms with Gasteiger partial charge in [-0.1, -0.05) is 0 Å². The van der Waals surface area contributed by atoms with Crippen molar-refractivity contribution in [1.82, 2.24) is 4.90 Å². The van der Waals surface area contributed by atoms with Gasteiger partial charge in [0.1, 0.15) is 0 Å². The number of aliphatic carboxylic acids is 1. The van der Waals surface area contributed by atoms with Crippen LogP contribution in [0, 0.1) is 0 Å². The van der Waals surface area contributed by atoms with Crippen molar-refractivity contribution in [3.05, 3.63) is 28.0 Å². The van der Waals surface area contributed by atoms with Crippen LogP contribution >= 0.6 is 11.3 Å². The van der Waals surface area contributed by atoms with Crippen LogP contribution in [0.4, 0.5) is 0 Å². The van der Waals surface area contributed by atoms with E-state index in [1.165, 1.54) is 11.0 Å². The molecule has 104 valence electrons. The van der Waals surface area contributed by atoms with E-state index >= 15 is 0 Å². The third kappa shape index (κ3) is 4.45. The first-order valence-corrected chi connectivity index (χ1v) is 7.24. The molecule has 2 rings (SSSR count). The Kier molecular flexibility index (Phi) is 5.13. The molecular formula is C14H19NO3S. The van der Waals surface area contributed by atoms with Gasteiger partial charge in [-0.15, -0.1) is 11.3 Å². The van der Waals surface area contributed by atoms with E-state index in [1.54, 1.807) is 17.4 Å². The van der Waals surface area contributed by atoms with Crippen molar-refractivity contribution in [1.29, 1.82) is 0 Å². The van der Waals surface area contributed by atoms with Gasteiger partial charge in [-0.3, -0.25) is 4.90 Å². The van der Waals surface area contributed by atoms with E-state index in [0.717, 1.165) is 37.5 Å². The molecule has 1 N–H and O–H groups in total. The van der Waals surface area contributed by atoms with Gasteiger partial charge in [0.15, 0.2) is 0 Å². The molecule has 0 amide bonds. The maximum absolute atomic E-state index is 10.5. The molecule has 1 fully saturated rings. The van der Waals surface area contributed by atoms with Crippen LogP contribution in [-0.4, -0.2) is 42.3 Å². The second-order valence-corrected chi connectivity index (χ2v) is 5.93. The fraction of sp³-hybridized carbons (Fsp3) is 0.500. The fourth-order valence-corrected chi connectivity index (χ4v) is 3.20. The topological polar surface area (TPSA) is 49.8 Å². The molecule has 19 heavy (non-hydrogen) atoms. The smallest absolute Gasteiger partial charge is 0.328 e. The predicted molar refractivity (Wildman–Crippen MR) is 76.3 cm³/mol. The van der Waals surface area contributed by atoms with Crippen LogP contribution in [0.3, 0.4) is 0 Å². The summed E-state index contributed by atoms with van der Waals surface area (Å²) < 4.78 is 5.37. The average molecular weight is 281 g/mol. The van der Waals surface area contributed by atoms with Gasteiger partial charge in [0.2, 0.25) is 0 Å². The number of hydrogen-bond acceptors (Lipinski definition) is 4. The lowest BCUT2D eigenvalue weighted by Gasteiger charge is -2.30. The fourth-order valence-electron chi connectivity index (χ4n) is 2.22. The Morgan fingerprint density at radius 1 is 1.53 bits per heavy atom. The van der Waals surface area contributed by atoms with Crippen molar-refractivity contribution in [2.45, 2.75) is 25.4 Å². The Labute approximate surface area is 117 Å². The monoisotopic (exact) mass is 281 g/mol. The maximum Gasteiger partial charge on any atom is 0.328 e. The second-order valence-electron chi connectivity index (χ2n) is 4.73. The molecule has 1 aromatic rings. The van der Waals surface area contributed by atoms with Gasteiger partial charge in [-0.25, -0.2) is 4.79 Å². The van der Waals surface area contributed by atoms with Crippen molar-refractivity contribution >= 4 is 23.4 Å². The zero-order chi connectivity index (χ0) is 13.7. The number of thiophene rings is 1. The minimum absolute atomic E-state index is 0.592. The summed E-state index contributed by atoms with van der Waals surface area (Å²) in [6.07, 6.45) is 5.00. The van der Waals surface area contributed by atoms with Crippen LogP contribution in [0.15, 0.2) is 18.2 Å². The number of rotatable bonds is 5. The highest BCUT2D eigenvalue weighted by Gasteiger charge is 2.18. The van der Waals surface area contributed by atoms with Gasteiger partial charge in [-0.2, -0.15) is 0 Å². The molecule has 2 heterocycles. The number of hydrogen-bond donors (Lipinski definition) is 1. The van der Waals surface area contributed by atoms with Crippen molar-refractivity contribution in [3.8, 4) is 0 Å². The lowest BCUT2D eigenvalue weighted by Crippen LogP contribution is -2.35. The molecule has 4 nitrogen and oxygen atoms in total. The third-order valence-corrected chi connectivity index (χ3v) is 4.33. The van der Waals surface area contributed by atoms with Crippen molar-refractivity contribution in [2.75, 3.05) is 20.3 Å². The normalized spacial score (nSPS) is 17.4. The lowest BCUT2D eigenvalue weighted by atomic mass is 10.1. The molecule has 1 aliphatic rings.